The molecule has 0 aliphatic carbocycles. The lowest BCUT2D eigenvalue weighted by molar-refractivity contribution is 0.154. The summed E-state index contributed by atoms with van der Waals surface area (Å²) in [5.74, 6) is 0. The summed E-state index contributed by atoms with van der Waals surface area (Å²) in [7, 11) is 2.05. The summed E-state index contributed by atoms with van der Waals surface area (Å²) in [4.78, 5) is 2.14. The van der Waals surface area contributed by atoms with Crippen LogP contribution in [-0.2, 0) is 4.74 Å². The van der Waals surface area contributed by atoms with Gasteiger partial charge in [-0.05, 0) is 7.05 Å². The summed E-state index contributed by atoms with van der Waals surface area (Å²) >= 11 is 0. The SMILES string of the molecule is CCC.CN1CCOC1. The van der Waals surface area contributed by atoms with Crippen LogP contribution in [0.2, 0.25) is 0 Å². The molecule has 56 valence electrons. The average molecular weight is 131 g/mol. The lowest BCUT2D eigenvalue weighted by atomic mass is 10.6. The Labute approximate surface area is 57.8 Å². The molecule has 1 aliphatic rings. The van der Waals surface area contributed by atoms with Crippen LogP contribution >= 0.6 is 0 Å². The number of rotatable bonds is 0. The van der Waals surface area contributed by atoms with Crippen molar-refractivity contribution in [1.29, 1.82) is 0 Å². The smallest absolute Gasteiger partial charge is 0.0989 e. The van der Waals surface area contributed by atoms with Crippen LogP contribution in [0.25, 0.3) is 0 Å². The van der Waals surface area contributed by atoms with E-state index in [2.05, 4.69) is 18.7 Å². The molecule has 1 fully saturated rings. The molecule has 1 aliphatic heterocycles. The summed E-state index contributed by atoms with van der Waals surface area (Å²) in [6.45, 7) is 7.08. The van der Waals surface area contributed by atoms with Crippen LogP contribution in [0.4, 0.5) is 0 Å². The molecule has 0 N–H and O–H groups in total. The Bertz CT molecular complexity index is 50.9. The molecule has 0 bridgehead atoms. The molecule has 0 aromatic carbocycles. The molecule has 1 saturated heterocycles. The molecule has 9 heavy (non-hydrogen) atoms. The summed E-state index contributed by atoms with van der Waals surface area (Å²) in [5.41, 5.74) is 0. The maximum atomic E-state index is 4.98. The Hall–Kier alpha value is -0.0800. The molecule has 2 nitrogen and oxygen atoms in total. The summed E-state index contributed by atoms with van der Waals surface area (Å²) in [6.07, 6.45) is 1.25. The fourth-order valence-corrected chi connectivity index (χ4v) is 0.505. The highest BCUT2D eigenvalue weighted by atomic mass is 16.5. The number of hydrogen-bond donors (Lipinski definition) is 0. The van der Waals surface area contributed by atoms with Crippen molar-refractivity contribution >= 4 is 0 Å². The lowest BCUT2D eigenvalue weighted by Crippen LogP contribution is -2.11. The molecule has 0 aromatic heterocycles. The topological polar surface area (TPSA) is 12.5 Å². The van der Waals surface area contributed by atoms with E-state index >= 15 is 0 Å². The predicted molar refractivity (Wildman–Crippen MR) is 39.4 cm³/mol. The first kappa shape index (κ1) is 8.92. The van der Waals surface area contributed by atoms with Crippen molar-refractivity contribution < 1.29 is 4.74 Å². The summed E-state index contributed by atoms with van der Waals surface area (Å²) < 4.78 is 4.98. The van der Waals surface area contributed by atoms with Gasteiger partial charge >= 0.3 is 0 Å². The van der Waals surface area contributed by atoms with Gasteiger partial charge in [0.15, 0.2) is 0 Å². The van der Waals surface area contributed by atoms with Gasteiger partial charge in [-0.3, -0.25) is 4.90 Å². The fraction of sp³-hybridized carbons (Fsp3) is 1.00. The Morgan fingerprint density at radius 2 is 2.00 bits per heavy atom. The second-order valence-corrected chi connectivity index (χ2v) is 2.32. The summed E-state index contributed by atoms with van der Waals surface area (Å²) in [5, 5.41) is 0. The highest BCUT2D eigenvalue weighted by molar-refractivity contribution is 4.48. The van der Waals surface area contributed by atoms with Crippen molar-refractivity contribution in [3.05, 3.63) is 0 Å². The van der Waals surface area contributed by atoms with Gasteiger partial charge in [0.2, 0.25) is 0 Å². The van der Waals surface area contributed by atoms with Gasteiger partial charge in [0.1, 0.15) is 0 Å². The molecule has 0 spiro atoms. The van der Waals surface area contributed by atoms with E-state index in [0.29, 0.717) is 0 Å². The Kier molecular flexibility index (Phi) is 5.99. The third-order valence-electron chi connectivity index (χ3n) is 0.929. The van der Waals surface area contributed by atoms with E-state index in [1.807, 2.05) is 7.05 Å². The molecule has 1 rings (SSSR count). The largest absolute Gasteiger partial charge is 0.365 e. The van der Waals surface area contributed by atoms with Gasteiger partial charge in [0, 0.05) is 6.54 Å². The lowest BCUT2D eigenvalue weighted by Gasteiger charge is -1.98. The average Bonchev–Trinajstić information content (AvgIpc) is 2.20. The van der Waals surface area contributed by atoms with E-state index in [0.717, 1.165) is 19.9 Å². The third kappa shape index (κ3) is 5.80. The van der Waals surface area contributed by atoms with E-state index < -0.39 is 0 Å². The standard InChI is InChI=1S/C4H9NO.C3H8/c1-5-2-3-6-4-5;1-3-2/h2-4H2,1H3;3H2,1-2H3. The molecule has 1 heterocycles. The van der Waals surface area contributed by atoms with Gasteiger partial charge < -0.3 is 4.74 Å². The molecule has 0 amide bonds. The minimum absolute atomic E-state index is 0.819. The number of likely N-dealkylation sites (N-methyl/N-ethyl adjacent to an activating group) is 1. The van der Waals surface area contributed by atoms with Crippen molar-refractivity contribution in [2.75, 3.05) is 26.9 Å². The first-order chi connectivity index (χ1) is 4.31. The Morgan fingerprint density at radius 3 is 2.11 bits per heavy atom. The molecule has 0 radical (unpaired) electrons. The van der Waals surface area contributed by atoms with Crippen LogP contribution in [0, 0.1) is 0 Å². The van der Waals surface area contributed by atoms with E-state index in [-0.39, 0.29) is 0 Å². The number of nitrogens with zero attached hydrogens (tertiary/aromatic N) is 1. The van der Waals surface area contributed by atoms with Gasteiger partial charge in [0.25, 0.3) is 0 Å². The predicted octanol–water partition coefficient (Wildman–Crippen LogP) is 1.32. The minimum Gasteiger partial charge on any atom is -0.365 e. The highest BCUT2D eigenvalue weighted by Gasteiger charge is 2.03. The maximum absolute atomic E-state index is 4.98. The normalized spacial score (nSPS) is 19.0. The maximum Gasteiger partial charge on any atom is 0.0989 e. The fourth-order valence-electron chi connectivity index (χ4n) is 0.505. The quantitative estimate of drug-likeness (QED) is 0.491. The van der Waals surface area contributed by atoms with Crippen LogP contribution in [0.1, 0.15) is 20.3 Å². The second kappa shape index (κ2) is 6.05. The zero-order chi connectivity index (χ0) is 7.11. The first-order valence-corrected chi connectivity index (χ1v) is 3.57. The molecule has 2 heteroatoms. The molecule has 0 saturated carbocycles. The van der Waals surface area contributed by atoms with Crippen molar-refractivity contribution in [3.63, 3.8) is 0 Å². The van der Waals surface area contributed by atoms with Gasteiger partial charge in [-0.2, -0.15) is 0 Å². The van der Waals surface area contributed by atoms with Crippen LogP contribution < -0.4 is 0 Å². The monoisotopic (exact) mass is 131 g/mol. The highest BCUT2D eigenvalue weighted by Crippen LogP contribution is 1.91. The molecular formula is C7H17NO. The third-order valence-corrected chi connectivity index (χ3v) is 0.929. The van der Waals surface area contributed by atoms with Crippen LogP contribution in [0.5, 0.6) is 0 Å². The van der Waals surface area contributed by atoms with E-state index in [4.69, 9.17) is 4.74 Å². The van der Waals surface area contributed by atoms with Crippen molar-refractivity contribution in [2.24, 2.45) is 0 Å². The second-order valence-electron chi connectivity index (χ2n) is 2.32. The number of hydrogen-bond acceptors (Lipinski definition) is 2. The summed E-state index contributed by atoms with van der Waals surface area (Å²) in [6, 6.07) is 0. The minimum atomic E-state index is 0.819. The molecule has 0 aromatic rings. The molecule has 0 unspecified atom stereocenters. The zero-order valence-corrected chi connectivity index (χ0v) is 6.68. The van der Waals surface area contributed by atoms with Crippen LogP contribution in [0.15, 0.2) is 0 Å². The molecular weight excluding hydrogens is 114 g/mol. The van der Waals surface area contributed by atoms with Crippen molar-refractivity contribution in [2.45, 2.75) is 20.3 Å². The Morgan fingerprint density at radius 1 is 1.44 bits per heavy atom. The van der Waals surface area contributed by atoms with E-state index in [1.165, 1.54) is 6.42 Å². The van der Waals surface area contributed by atoms with Crippen molar-refractivity contribution in [1.82, 2.24) is 4.90 Å². The van der Waals surface area contributed by atoms with Crippen LogP contribution in [0.3, 0.4) is 0 Å². The van der Waals surface area contributed by atoms with E-state index in [9.17, 15) is 0 Å². The van der Waals surface area contributed by atoms with Gasteiger partial charge in [-0.25, -0.2) is 0 Å². The van der Waals surface area contributed by atoms with Gasteiger partial charge in [-0.15, -0.1) is 0 Å². The van der Waals surface area contributed by atoms with Crippen molar-refractivity contribution in [3.8, 4) is 0 Å². The Balaban J connectivity index is 0.000000187. The first-order valence-electron chi connectivity index (χ1n) is 3.57. The van der Waals surface area contributed by atoms with Gasteiger partial charge in [-0.1, -0.05) is 20.3 Å². The number of ether oxygens (including phenoxy) is 1. The molecule has 0 atom stereocenters. The van der Waals surface area contributed by atoms with Crippen LogP contribution in [-0.4, -0.2) is 31.8 Å². The zero-order valence-electron chi connectivity index (χ0n) is 6.68. The van der Waals surface area contributed by atoms with Gasteiger partial charge in [0.05, 0.1) is 13.3 Å². The van der Waals surface area contributed by atoms with E-state index in [1.54, 1.807) is 0 Å².